The first-order valence-corrected chi connectivity index (χ1v) is 6.78. The highest BCUT2D eigenvalue weighted by Gasteiger charge is 2.58. The number of carboxylic acids is 1. The van der Waals surface area contributed by atoms with Gasteiger partial charge in [0.15, 0.2) is 0 Å². The van der Waals surface area contributed by atoms with Crippen molar-refractivity contribution in [3.63, 3.8) is 0 Å². The van der Waals surface area contributed by atoms with Crippen LogP contribution in [0.5, 0.6) is 0 Å². The summed E-state index contributed by atoms with van der Waals surface area (Å²) in [5.74, 6) is -2.14. The molecule has 0 saturated carbocycles. The minimum Gasteiger partial charge on any atom is -0.479 e. The van der Waals surface area contributed by atoms with Crippen LogP contribution in [-0.4, -0.2) is 58.9 Å². The first-order valence-electron chi connectivity index (χ1n) is 6.78. The van der Waals surface area contributed by atoms with Gasteiger partial charge in [-0.2, -0.15) is 13.2 Å². The molecule has 3 unspecified atom stereocenters. The molecule has 9 heteroatoms. The SMILES string of the molecule is CC(NC(=O)NC1CCN2CCCC12)(C(=O)O)C(F)(F)F. The summed E-state index contributed by atoms with van der Waals surface area (Å²) >= 11 is 0. The van der Waals surface area contributed by atoms with Gasteiger partial charge in [-0.15, -0.1) is 0 Å². The third-order valence-electron chi connectivity index (χ3n) is 4.28. The molecule has 3 atom stereocenters. The molecule has 2 fully saturated rings. The highest BCUT2D eigenvalue weighted by molar-refractivity contribution is 5.86. The number of urea groups is 1. The lowest BCUT2D eigenvalue weighted by Crippen LogP contribution is -2.64. The highest BCUT2D eigenvalue weighted by atomic mass is 19.4. The zero-order chi connectivity index (χ0) is 15.8. The first-order chi connectivity index (χ1) is 9.65. The first kappa shape index (κ1) is 15.9. The molecule has 0 aromatic carbocycles. The molecule has 0 spiro atoms. The Morgan fingerprint density at radius 3 is 2.48 bits per heavy atom. The van der Waals surface area contributed by atoms with Crippen molar-refractivity contribution in [3.05, 3.63) is 0 Å². The van der Waals surface area contributed by atoms with Gasteiger partial charge in [-0.25, -0.2) is 9.59 Å². The fourth-order valence-electron chi connectivity index (χ4n) is 2.93. The average molecular weight is 309 g/mol. The smallest absolute Gasteiger partial charge is 0.422 e. The normalized spacial score (nSPS) is 28.8. The van der Waals surface area contributed by atoms with Crippen molar-refractivity contribution in [3.8, 4) is 0 Å². The lowest BCUT2D eigenvalue weighted by atomic mass is 10.0. The number of alkyl halides is 3. The summed E-state index contributed by atoms with van der Waals surface area (Å²) in [6.07, 6.45) is -2.53. The van der Waals surface area contributed by atoms with Crippen molar-refractivity contribution in [1.82, 2.24) is 15.5 Å². The minimum atomic E-state index is -5.08. The van der Waals surface area contributed by atoms with E-state index in [1.807, 2.05) is 0 Å². The van der Waals surface area contributed by atoms with Crippen LogP contribution in [-0.2, 0) is 4.79 Å². The fraction of sp³-hybridized carbons (Fsp3) is 0.833. The molecule has 120 valence electrons. The van der Waals surface area contributed by atoms with Crippen molar-refractivity contribution < 1.29 is 27.9 Å². The van der Waals surface area contributed by atoms with E-state index in [0.717, 1.165) is 25.9 Å². The second-order valence-electron chi connectivity index (χ2n) is 5.67. The number of carbonyl (C=O) groups excluding carboxylic acids is 1. The van der Waals surface area contributed by atoms with E-state index in [1.165, 1.54) is 0 Å². The minimum absolute atomic E-state index is 0.137. The number of carboxylic acid groups (broad SMARTS) is 1. The van der Waals surface area contributed by atoms with Gasteiger partial charge in [-0.3, -0.25) is 4.90 Å². The van der Waals surface area contributed by atoms with Crippen LogP contribution in [0.25, 0.3) is 0 Å². The number of rotatable bonds is 3. The molecule has 3 N–H and O–H groups in total. The van der Waals surface area contributed by atoms with Crippen molar-refractivity contribution in [2.24, 2.45) is 0 Å². The molecule has 2 aliphatic rings. The monoisotopic (exact) mass is 309 g/mol. The summed E-state index contributed by atoms with van der Waals surface area (Å²) in [5.41, 5.74) is -3.30. The van der Waals surface area contributed by atoms with Gasteiger partial charge in [0.25, 0.3) is 0 Å². The third kappa shape index (κ3) is 2.92. The number of nitrogens with one attached hydrogen (secondary N) is 2. The van der Waals surface area contributed by atoms with E-state index in [4.69, 9.17) is 5.11 Å². The number of carbonyl (C=O) groups is 2. The van der Waals surface area contributed by atoms with Crippen LogP contribution >= 0.6 is 0 Å². The van der Waals surface area contributed by atoms with Crippen LogP contribution in [0.15, 0.2) is 0 Å². The number of nitrogens with zero attached hydrogens (tertiary/aromatic N) is 1. The van der Waals surface area contributed by atoms with Gasteiger partial charge < -0.3 is 15.7 Å². The molecule has 0 radical (unpaired) electrons. The molecule has 0 aliphatic carbocycles. The number of hydrogen-bond acceptors (Lipinski definition) is 3. The lowest BCUT2D eigenvalue weighted by Gasteiger charge is -2.30. The maximum Gasteiger partial charge on any atom is 0.422 e. The van der Waals surface area contributed by atoms with E-state index in [-0.39, 0.29) is 12.1 Å². The third-order valence-corrected chi connectivity index (χ3v) is 4.28. The van der Waals surface area contributed by atoms with Crippen LogP contribution in [0.4, 0.5) is 18.0 Å². The Balaban J connectivity index is 1.99. The quantitative estimate of drug-likeness (QED) is 0.724. The summed E-state index contributed by atoms with van der Waals surface area (Å²) < 4.78 is 38.4. The van der Waals surface area contributed by atoms with Gasteiger partial charge >= 0.3 is 18.2 Å². The van der Waals surface area contributed by atoms with Crippen LogP contribution < -0.4 is 10.6 Å². The zero-order valence-electron chi connectivity index (χ0n) is 11.5. The van der Waals surface area contributed by atoms with Crippen molar-refractivity contribution in [1.29, 1.82) is 0 Å². The number of amides is 2. The zero-order valence-corrected chi connectivity index (χ0v) is 11.5. The molecule has 0 aromatic heterocycles. The Bertz CT molecular complexity index is 443. The molecule has 6 nitrogen and oxygen atoms in total. The molecule has 21 heavy (non-hydrogen) atoms. The summed E-state index contributed by atoms with van der Waals surface area (Å²) in [7, 11) is 0. The number of fused-ring (bicyclic) bond motifs is 1. The lowest BCUT2D eigenvalue weighted by molar-refractivity contribution is -0.203. The van der Waals surface area contributed by atoms with Gasteiger partial charge in [-0.05, 0) is 32.7 Å². The Kier molecular flexibility index (Phi) is 4.05. The fourth-order valence-corrected chi connectivity index (χ4v) is 2.93. The molecule has 0 bridgehead atoms. The van der Waals surface area contributed by atoms with Crippen LogP contribution in [0.3, 0.4) is 0 Å². The molecule has 2 saturated heterocycles. The average Bonchev–Trinajstić information content (AvgIpc) is 2.92. The number of hydrogen-bond donors (Lipinski definition) is 3. The number of halogens is 3. The van der Waals surface area contributed by atoms with Crippen LogP contribution in [0, 0.1) is 0 Å². The maximum atomic E-state index is 12.8. The van der Waals surface area contributed by atoms with E-state index >= 15 is 0 Å². The molecule has 2 rings (SSSR count). The second kappa shape index (κ2) is 5.36. The van der Waals surface area contributed by atoms with Crippen molar-refractivity contribution in [2.75, 3.05) is 13.1 Å². The van der Waals surface area contributed by atoms with Gasteiger partial charge in [0.2, 0.25) is 5.54 Å². The van der Waals surface area contributed by atoms with Gasteiger partial charge in [0, 0.05) is 18.6 Å². The van der Waals surface area contributed by atoms with Crippen molar-refractivity contribution in [2.45, 2.75) is 50.0 Å². The van der Waals surface area contributed by atoms with E-state index in [2.05, 4.69) is 10.2 Å². The van der Waals surface area contributed by atoms with Crippen LogP contribution in [0.1, 0.15) is 26.2 Å². The molecule has 2 aliphatic heterocycles. The summed E-state index contributed by atoms with van der Waals surface area (Å²) in [5, 5.41) is 12.8. The Morgan fingerprint density at radius 1 is 1.24 bits per heavy atom. The van der Waals surface area contributed by atoms with Gasteiger partial charge in [0.1, 0.15) is 0 Å². The Labute approximate surface area is 119 Å². The standard InChI is InChI=1S/C12H18F3N3O3/c1-11(9(19)20,12(13,14)15)17-10(21)16-7-4-6-18-5-2-3-8(7)18/h7-8H,2-6H2,1H3,(H,19,20)(H2,16,17,21). The number of aliphatic carboxylic acids is 1. The van der Waals surface area contributed by atoms with E-state index < -0.39 is 23.7 Å². The van der Waals surface area contributed by atoms with E-state index in [9.17, 15) is 22.8 Å². The Morgan fingerprint density at radius 2 is 1.90 bits per heavy atom. The summed E-state index contributed by atoms with van der Waals surface area (Å²) in [6, 6.07) is -1.20. The largest absolute Gasteiger partial charge is 0.479 e. The Hall–Kier alpha value is -1.51. The molecular weight excluding hydrogens is 291 g/mol. The van der Waals surface area contributed by atoms with Crippen molar-refractivity contribution >= 4 is 12.0 Å². The topological polar surface area (TPSA) is 81.7 Å². The van der Waals surface area contributed by atoms with E-state index in [0.29, 0.717) is 13.3 Å². The maximum absolute atomic E-state index is 12.8. The summed E-state index contributed by atoms with van der Waals surface area (Å²) in [6.45, 7) is 2.16. The molecule has 0 aromatic rings. The second-order valence-corrected chi connectivity index (χ2v) is 5.67. The van der Waals surface area contributed by atoms with E-state index in [1.54, 1.807) is 5.32 Å². The van der Waals surface area contributed by atoms with Crippen LogP contribution in [0.2, 0.25) is 0 Å². The predicted octanol–water partition coefficient (Wildman–Crippen LogP) is 0.928. The molecule has 2 heterocycles. The van der Waals surface area contributed by atoms with Gasteiger partial charge in [-0.1, -0.05) is 0 Å². The molecular formula is C12H18F3N3O3. The predicted molar refractivity (Wildman–Crippen MR) is 66.8 cm³/mol. The van der Waals surface area contributed by atoms with Gasteiger partial charge in [0.05, 0.1) is 0 Å². The summed E-state index contributed by atoms with van der Waals surface area (Å²) in [4.78, 5) is 24.8. The molecule has 2 amide bonds. The highest BCUT2D eigenvalue weighted by Crippen LogP contribution is 2.31.